The number of Topliss-reactive ketones (excluding diaryl/α,β-unsaturated/α-hetero) is 1. The van der Waals surface area contributed by atoms with Gasteiger partial charge in [-0.15, -0.1) is 0 Å². The molecule has 0 amide bonds. The zero-order chi connectivity index (χ0) is 17.5. The first-order chi connectivity index (χ1) is 12.8. The third-order valence-electron chi connectivity index (χ3n) is 5.78. The van der Waals surface area contributed by atoms with Gasteiger partial charge in [-0.3, -0.25) is 4.79 Å². The molecule has 3 aliphatic carbocycles. The SMILES string of the molecule is O=C1C2=C(CCC(c3ccccc3)=C2)C2C=CC(c3ccccc3)=CC12. The Hall–Kier alpha value is -2.93. The summed E-state index contributed by atoms with van der Waals surface area (Å²) in [6.45, 7) is 0. The Morgan fingerprint density at radius 2 is 1.46 bits per heavy atom. The molecule has 5 rings (SSSR count). The van der Waals surface area contributed by atoms with Crippen LogP contribution >= 0.6 is 0 Å². The van der Waals surface area contributed by atoms with Gasteiger partial charge in [-0.2, -0.15) is 0 Å². The summed E-state index contributed by atoms with van der Waals surface area (Å²) < 4.78 is 0. The molecule has 0 N–H and O–H groups in total. The lowest BCUT2D eigenvalue weighted by Gasteiger charge is -2.22. The molecule has 2 aromatic rings. The minimum atomic E-state index is -0.0356. The van der Waals surface area contributed by atoms with Crippen molar-refractivity contribution in [1.29, 1.82) is 0 Å². The van der Waals surface area contributed by atoms with Crippen molar-refractivity contribution in [1.82, 2.24) is 0 Å². The lowest BCUT2D eigenvalue weighted by atomic mass is 9.81. The second-order valence-corrected chi connectivity index (χ2v) is 7.24. The highest BCUT2D eigenvalue weighted by molar-refractivity contribution is 6.08. The van der Waals surface area contributed by atoms with Gasteiger partial charge in [0.1, 0.15) is 0 Å². The molecule has 0 radical (unpaired) electrons. The molecule has 0 heterocycles. The van der Waals surface area contributed by atoms with E-state index < -0.39 is 0 Å². The van der Waals surface area contributed by atoms with Crippen molar-refractivity contribution in [2.45, 2.75) is 12.8 Å². The number of allylic oxidation sites excluding steroid dienone is 8. The van der Waals surface area contributed by atoms with E-state index in [1.54, 1.807) is 0 Å². The molecule has 0 aromatic heterocycles. The van der Waals surface area contributed by atoms with E-state index in [4.69, 9.17) is 0 Å². The summed E-state index contributed by atoms with van der Waals surface area (Å²) in [5, 5.41) is 0. The number of hydrogen-bond donors (Lipinski definition) is 0. The maximum atomic E-state index is 13.1. The van der Waals surface area contributed by atoms with Crippen molar-refractivity contribution >= 4 is 16.9 Å². The van der Waals surface area contributed by atoms with Gasteiger partial charge in [0, 0.05) is 11.5 Å². The van der Waals surface area contributed by atoms with Gasteiger partial charge in [0.2, 0.25) is 0 Å². The van der Waals surface area contributed by atoms with Gasteiger partial charge in [0.25, 0.3) is 0 Å². The lowest BCUT2D eigenvalue weighted by Crippen LogP contribution is -2.16. The predicted octanol–water partition coefficient (Wildman–Crippen LogP) is 5.63. The van der Waals surface area contributed by atoms with E-state index >= 15 is 0 Å². The molecule has 0 aliphatic heterocycles. The van der Waals surface area contributed by atoms with Crippen LogP contribution in [0.4, 0.5) is 0 Å². The van der Waals surface area contributed by atoms with Gasteiger partial charge in [-0.1, -0.05) is 84.5 Å². The van der Waals surface area contributed by atoms with Crippen LogP contribution in [0.1, 0.15) is 24.0 Å². The maximum Gasteiger partial charge on any atom is 0.170 e. The zero-order valence-corrected chi connectivity index (χ0v) is 14.6. The summed E-state index contributed by atoms with van der Waals surface area (Å²) in [7, 11) is 0. The Kier molecular flexibility index (Phi) is 3.60. The van der Waals surface area contributed by atoms with Crippen LogP contribution in [0.2, 0.25) is 0 Å². The third-order valence-corrected chi connectivity index (χ3v) is 5.78. The normalized spacial score (nSPS) is 24.1. The van der Waals surface area contributed by atoms with Crippen molar-refractivity contribution < 1.29 is 4.79 Å². The van der Waals surface area contributed by atoms with E-state index in [1.165, 1.54) is 22.3 Å². The molecule has 2 unspecified atom stereocenters. The van der Waals surface area contributed by atoms with E-state index in [0.29, 0.717) is 0 Å². The van der Waals surface area contributed by atoms with Gasteiger partial charge in [-0.05, 0) is 41.2 Å². The smallest absolute Gasteiger partial charge is 0.170 e. The molecular weight excluding hydrogens is 316 g/mol. The number of rotatable bonds is 2. The second kappa shape index (κ2) is 6.10. The summed E-state index contributed by atoms with van der Waals surface area (Å²) in [5.41, 5.74) is 7.15. The van der Waals surface area contributed by atoms with Crippen LogP contribution in [0.3, 0.4) is 0 Å². The third kappa shape index (κ3) is 2.43. The maximum absolute atomic E-state index is 13.1. The minimum absolute atomic E-state index is 0.0356. The number of hydrogen-bond acceptors (Lipinski definition) is 1. The van der Waals surface area contributed by atoms with Gasteiger partial charge in [0.05, 0.1) is 5.92 Å². The van der Waals surface area contributed by atoms with Gasteiger partial charge in [0.15, 0.2) is 5.78 Å². The molecule has 3 aliphatic rings. The quantitative estimate of drug-likeness (QED) is 0.695. The summed E-state index contributed by atoms with van der Waals surface area (Å²) in [6, 6.07) is 20.8. The Bertz CT molecular complexity index is 987. The zero-order valence-electron chi connectivity index (χ0n) is 14.6. The van der Waals surface area contributed by atoms with Crippen LogP contribution in [0.5, 0.6) is 0 Å². The topological polar surface area (TPSA) is 17.1 Å². The molecule has 0 spiro atoms. The second-order valence-electron chi connectivity index (χ2n) is 7.24. The van der Waals surface area contributed by atoms with Crippen molar-refractivity contribution in [3.63, 3.8) is 0 Å². The van der Waals surface area contributed by atoms with E-state index in [1.807, 2.05) is 24.3 Å². The highest BCUT2D eigenvalue weighted by Gasteiger charge is 2.40. The standard InChI is InChI=1S/C25H20O/c26-25-23-15-19(17-7-3-1-4-8-17)11-13-21(23)22-14-12-20(16-24(22)25)18-9-5-2-6-10-18/h1-11,13,15-16,21,23H,12,14H2. The van der Waals surface area contributed by atoms with Gasteiger partial charge < -0.3 is 0 Å². The average molecular weight is 336 g/mol. The van der Waals surface area contributed by atoms with Crippen molar-refractivity contribution in [2.75, 3.05) is 0 Å². The van der Waals surface area contributed by atoms with Crippen LogP contribution in [0.25, 0.3) is 11.1 Å². The number of ketones is 1. The Labute approximate surface area is 154 Å². The Morgan fingerprint density at radius 1 is 0.769 bits per heavy atom. The van der Waals surface area contributed by atoms with Gasteiger partial charge in [-0.25, -0.2) is 0 Å². The molecular formula is C25H20O. The number of benzene rings is 2. The highest BCUT2D eigenvalue weighted by atomic mass is 16.1. The Balaban J connectivity index is 1.50. The van der Waals surface area contributed by atoms with Crippen molar-refractivity contribution in [2.24, 2.45) is 11.8 Å². The summed E-state index contributed by atoms with van der Waals surface area (Å²) in [6.07, 6.45) is 10.8. The molecule has 2 aromatic carbocycles. The fourth-order valence-corrected chi connectivity index (χ4v) is 4.45. The first-order valence-electron chi connectivity index (χ1n) is 9.30. The summed E-state index contributed by atoms with van der Waals surface area (Å²) >= 11 is 0. The van der Waals surface area contributed by atoms with Crippen molar-refractivity contribution in [3.05, 3.63) is 107 Å². The lowest BCUT2D eigenvalue weighted by molar-refractivity contribution is -0.117. The van der Waals surface area contributed by atoms with Gasteiger partial charge >= 0.3 is 0 Å². The predicted molar refractivity (Wildman–Crippen MR) is 106 cm³/mol. The fraction of sp³-hybridized carbons (Fsp3) is 0.160. The molecule has 1 heteroatoms. The van der Waals surface area contributed by atoms with E-state index in [2.05, 4.69) is 60.7 Å². The van der Waals surface area contributed by atoms with Crippen LogP contribution < -0.4 is 0 Å². The first kappa shape index (κ1) is 15.3. The summed E-state index contributed by atoms with van der Waals surface area (Å²) in [4.78, 5) is 13.1. The number of carbonyl (C=O) groups excluding carboxylic acids is 1. The van der Waals surface area contributed by atoms with E-state index in [-0.39, 0.29) is 17.6 Å². The molecule has 126 valence electrons. The van der Waals surface area contributed by atoms with Crippen molar-refractivity contribution in [3.8, 4) is 0 Å². The molecule has 0 saturated carbocycles. The average Bonchev–Trinajstić information content (AvgIpc) is 3.01. The van der Waals surface area contributed by atoms with E-state index in [9.17, 15) is 4.79 Å². The molecule has 26 heavy (non-hydrogen) atoms. The first-order valence-corrected chi connectivity index (χ1v) is 9.30. The van der Waals surface area contributed by atoms with Crippen LogP contribution in [-0.4, -0.2) is 5.78 Å². The molecule has 2 atom stereocenters. The van der Waals surface area contributed by atoms with E-state index in [0.717, 1.165) is 24.0 Å². The van der Waals surface area contributed by atoms with Crippen LogP contribution in [0.15, 0.2) is 96.1 Å². The Morgan fingerprint density at radius 3 is 2.19 bits per heavy atom. The molecule has 1 nitrogen and oxygen atoms in total. The molecule has 0 fully saturated rings. The number of fused-ring (bicyclic) bond motifs is 2. The highest BCUT2D eigenvalue weighted by Crippen LogP contribution is 2.47. The molecule has 0 bridgehead atoms. The monoisotopic (exact) mass is 336 g/mol. The molecule has 0 saturated heterocycles. The fourth-order valence-electron chi connectivity index (χ4n) is 4.45. The minimum Gasteiger partial charge on any atom is -0.293 e. The summed E-state index contributed by atoms with van der Waals surface area (Å²) in [5.74, 6) is 0.501. The van der Waals surface area contributed by atoms with Crippen LogP contribution in [-0.2, 0) is 4.79 Å². The largest absolute Gasteiger partial charge is 0.293 e. The number of carbonyl (C=O) groups is 1. The van der Waals surface area contributed by atoms with Crippen LogP contribution in [0, 0.1) is 11.8 Å².